The molecule has 0 spiro atoms. The first-order valence-corrected chi connectivity index (χ1v) is 13.0. The van der Waals surface area contributed by atoms with Crippen molar-refractivity contribution in [3.63, 3.8) is 0 Å². The second-order valence-electron chi connectivity index (χ2n) is 7.62. The van der Waals surface area contributed by atoms with Crippen LogP contribution in [0.5, 0.6) is 0 Å². The molecule has 1 aliphatic rings. The van der Waals surface area contributed by atoms with Gasteiger partial charge in [-0.2, -0.15) is 8.42 Å². The minimum absolute atomic E-state index is 0.183. The van der Waals surface area contributed by atoms with Gasteiger partial charge in [0.1, 0.15) is 4.90 Å². The van der Waals surface area contributed by atoms with Crippen LogP contribution in [0.15, 0.2) is 45.8 Å². The molecule has 2 aromatic rings. The first kappa shape index (κ1) is 25.4. The highest BCUT2D eigenvalue weighted by molar-refractivity contribution is 8.04. The summed E-state index contributed by atoms with van der Waals surface area (Å²) in [5.74, 6) is 6.12. The summed E-state index contributed by atoms with van der Waals surface area (Å²) in [6.45, 7) is 7.94. The van der Waals surface area contributed by atoms with E-state index < -0.39 is 15.7 Å². The molecule has 0 aliphatic carbocycles. The van der Waals surface area contributed by atoms with Crippen molar-refractivity contribution in [3.05, 3.63) is 73.2 Å². The molecule has 1 aliphatic heterocycles. The molecule has 0 radical (unpaired) electrons. The molecule has 6 nitrogen and oxygen atoms in total. The fourth-order valence-corrected chi connectivity index (χ4v) is 6.88. The van der Waals surface area contributed by atoms with Crippen LogP contribution < -0.4 is 5.84 Å². The van der Waals surface area contributed by atoms with Crippen LogP contribution in [0, 0.1) is 20.8 Å². The molecule has 174 valence electrons. The lowest BCUT2D eigenvalue weighted by molar-refractivity contribution is 0.124. The van der Waals surface area contributed by atoms with Crippen LogP contribution in [0.1, 0.15) is 35.6 Å². The van der Waals surface area contributed by atoms with Crippen molar-refractivity contribution in [2.75, 3.05) is 6.61 Å². The summed E-state index contributed by atoms with van der Waals surface area (Å²) in [4.78, 5) is 1.08. The van der Waals surface area contributed by atoms with Crippen molar-refractivity contribution in [2.45, 2.75) is 51.2 Å². The highest BCUT2D eigenvalue weighted by atomic mass is 35.5. The number of thioether (sulfide) groups is 1. The number of hydrogen-bond acceptors (Lipinski definition) is 7. The number of nitrogens with zero attached hydrogens (tertiary/aromatic N) is 1. The number of aryl methyl sites for hydroxylation is 3. The Morgan fingerprint density at radius 2 is 1.69 bits per heavy atom. The predicted octanol–water partition coefficient (Wildman–Crippen LogP) is 5.67. The fourth-order valence-electron chi connectivity index (χ4n) is 3.60. The van der Waals surface area contributed by atoms with E-state index in [9.17, 15) is 8.42 Å². The van der Waals surface area contributed by atoms with E-state index in [0.29, 0.717) is 34.2 Å². The Bertz CT molecular complexity index is 1110. The Morgan fingerprint density at radius 3 is 2.28 bits per heavy atom. The van der Waals surface area contributed by atoms with Crippen LogP contribution in [0.2, 0.25) is 10.0 Å². The van der Waals surface area contributed by atoms with E-state index in [2.05, 4.69) is 0 Å². The minimum Gasteiger partial charge on any atom is -0.376 e. The third kappa shape index (κ3) is 5.62. The van der Waals surface area contributed by atoms with Gasteiger partial charge in [0, 0.05) is 32.6 Å². The SMILES string of the molecule is CC1=C(CCOCc2c(Cl)cccc2Cl)SC(OS(=O)(=O)c2c(C)cc(C)cc2C)N1N. The van der Waals surface area contributed by atoms with Crippen LogP contribution in [-0.4, -0.2) is 25.6 Å². The van der Waals surface area contributed by atoms with E-state index in [4.69, 9.17) is 38.0 Å². The molecule has 0 saturated heterocycles. The van der Waals surface area contributed by atoms with Crippen molar-refractivity contribution < 1.29 is 17.3 Å². The summed E-state index contributed by atoms with van der Waals surface area (Å²) in [7, 11) is -4.00. The van der Waals surface area contributed by atoms with Gasteiger partial charge in [0.05, 0.1) is 13.2 Å². The molecule has 1 heterocycles. The van der Waals surface area contributed by atoms with Gasteiger partial charge in [-0.15, -0.1) is 0 Å². The maximum absolute atomic E-state index is 13.0. The monoisotopic (exact) mass is 516 g/mol. The topological polar surface area (TPSA) is 81.9 Å². The van der Waals surface area contributed by atoms with Crippen LogP contribution in [0.4, 0.5) is 0 Å². The summed E-state index contributed by atoms with van der Waals surface area (Å²) in [5.41, 5.74) is 2.88. The van der Waals surface area contributed by atoms with E-state index >= 15 is 0 Å². The fraction of sp³-hybridized carbons (Fsp3) is 0.364. The molecule has 1 atom stereocenters. The maximum atomic E-state index is 13.0. The average molecular weight is 518 g/mol. The summed E-state index contributed by atoms with van der Waals surface area (Å²) in [6, 6.07) is 8.95. The number of hydrogen-bond donors (Lipinski definition) is 1. The Kier molecular flexibility index (Phi) is 8.20. The highest BCUT2D eigenvalue weighted by Crippen LogP contribution is 2.40. The van der Waals surface area contributed by atoms with Crippen LogP contribution >= 0.6 is 35.0 Å². The van der Waals surface area contributed by atoms with Crippen molar-refractivity contribution in [3.8, 4) is 0 Å². The standard InChI is InChI=1S/C22H26Cl2N2O4S2/c1-13-10-14(2)21(15(3)11-13)32(27,28)30-22-26(25)16(4)20(31-22)8-9-29-12-17-18(23)6-5-7-19(17)24/h5-7,10-11,22H,8-9,12,25H2,1-4H3. The number of rotatable bonds is 8. The molecule has 0 bridgehead atoms. The first-order valence-electron chi connectivity index (χ1n) is 9.93. The zero-order valence-electron chi connectivity index (χ0n) is 18.3. The van der Waals surface area contributed by atoms with Gasteiger partial charge in [0.15, 0.2) is 0 Å². The van der Waals surface area contributed by atoms with Crippen LogP contribution in [0.3, 0.4) is 0 Å². The molecule has 0 saturated carbocycles. The third-order valence-corrected chi connectivity index (χ3v) is 8.82. The molecule has 0 fully saturated rings. The van der Waals surface area contributed by atoms with Crippen molar-refractivity contribution >= 4 is 45.1 Å². The van der Waals surface area contributed by atoms with Crippen molar-refractivity contribution in [1.29, 1.82) is 0 Å². The normalized spacial score (nSPS) is 16.8. The Morgan fingerprint density at radius 1 is 1.09 bits per heavy atom. The van der Waals surface area contributed by atoms with Gasteiger partial charge in [-0.3, -0.25) is 5.01 Å². The van der Waals surface area contributed by atoms with Gasteiger partial charge >= 0.3 is 0 Å². The van der Waals surface area contributed by atoms with E-state index in [-0.39, 0.29) is 11.5 Å². The number of benzene rings is 2. The molecule has 1 unspecified atom stereocenters. The average Bonchev–Trinajstić information content (AvgIpc) is 2.93. The zero-order chi connectivity index (χ0) is 23.6. The molecule has 0 amide bonds. The summed E-state index contributed by atoms with van der Waals surface area (Å²) in [6.07, 6.45) is 0.550. The second-order valence-corrected chi connectivity index (χ2v) is 11.1. The molecule has 32 heavy (non-hydrogen) atoms. The minimum atomic E-state index is -4.00. The van der Waals surface area contributed by atoms with Gasteiger partial charge in [-0.05, 0) is 51.0 Å². The number of ether oxygens (including phenoxy) is 1. The van der Waals surface area contributed by atoms with Crippen molar-refractivity contribution in [1.82, 2.24) is 5.01 Å². The van der Waals surface area contributed by atoms with Gasteiger partial charge in [0.2, 0.25) is 5.56 Å². The smallest absolute Gasteiger partial charge is 0.300 e. The largest absolute Gasteiger partial charge is 0.376 e. The first-order chi connectivity index (χ1) is 15.0. The lowest BCUT2D eigenvalue weighted by Crippen LogP contribution is -2.37. The molecule has 2 N–H and O–H groups in total. The van der Waals surface area contributed by atoms with Gasteiger partial charge in [0.25, 0.3) is 10.1 Å². The molecule has 3 rings (SSSR count). The molecular weight excluding hydrogens is 491 g/mol. The Labute approximate surface area is 203 Å². The number of nitrogens with two attached hydrogens (primary N) is 1. The molecular formula is C22H26Cl2N2O4S2. The Hall–Kier alpha value is -1.26. The molecule has 10 heteroatoms. The summed E-state index contributed by atoms with van der Waals surface area (Å²) in [5, 5.41) is 2.44. The predicted molar refractivity (Wildman–Crippen MR) is 130 cm³/mol. The van der Waals surface area contributed by atoms with Crippen LogP contribution in [0.25, 0.3) is 0 Å². The summed E-state index contributed by atoms with van der Waals surface area (Å²) < 4.78 is 37.3. The van der Waals surface area contributed by atoms with E-state index in [1.165, 1.54) is 16.8 Å². The molecule has 0 aromatic heterocycles. The third-order valence-electron chi connectivity index (χ3n) is 5.11. The van der Waals surface area contributed by atoms with Gasteiger partial charge in [-0.25, -0.2) is 10.0 Å². The Balaban J connectivity index is 1.62. The van der Waals surface area contributed by atoms with E-state index in [0.717, 1.165) is 21.7 Å². The lowest BCUT2D eigenvalue weighted by Gasteiger charge is -2.22. The number of hydrazine groups is 1. The van der Waals surface area contributed by atoms with Crippen molar-refractivity contribution in [2.24, 2.45) is 5.84 Å². The van der Waals surface area contributed by atoms with Gasteiger partial charge in [-0.1, -0.05) is 58.7 Å². The molecule has 2 aromatic carbocycles. The maximum Gasteiger partial charge on any atom is 0.300 e. The van der Waals surface area contributed by atoms with E-state index in [1.54, 1.807) is 32.0 Å². The number of halogens is 2. The van der Waals surface area contributed by atoms with Gasteiger partial charge < -0.3 is 4.74 Å². The quantitative estimate of drug-likeness (QED) is 0.275. The second kappa shape index (κ2) is 10.3. The zero-order valence-corrected chi connectivity index (χ0v) is 21.5. The van der Waals surface area contributed by atoms with E-state index in [1.807, 2.05) is 26.0 Å². The summed E-state index contributed by atoms with van der Waals surface area (Å²) >= 11 is 13.6. The van der Waals surface area contributed by atoms with Crippen LogP contribution in [-0.2, 0) is 25.6 Å². The highest BCUT2D eigenvalue weighted by Gasteiger charge is 2.34. The lowest BCUT2D eigenvalue weighted by atomic mass is 10.1. The number of allylic oxidation sites excluding steroid dienone is 1.